The van der Waals surface area contributed by atoms with E-state index in [4.69, 9.17) is 9.72 Å². The molecule has 2 heterocycles. The lowest BCUT2D eigenvalue weighted by molar-refractivity contribution is 0.163. The maximum Gasteiger partial charge on any atom is 0.157 e. The van der Waals surface area contributed by atoms with Gasteiger partial charge < -0.3 is 9.30 Å². The van der Waals surface area contributed by atoms with Gasteiger partial charge in [0.05, 0.1) is 11.0 Å². The molecule has 0 fully saturated rings. The van der Waals surface area contributed by atoms with Crippen molar-refractivity contribution in [3.63, 3.8) is 0 Å². The molecule has 112 valence electrons. The maximum absolute atomic E-state index is 6.24. The van der Waals surface area contributed by atoms with Crippen LogP contribution in [0, 0.1) is 0 Å². The molecule has 0 saturated heterocycles. The SMILES string of the molecule is CCn1c(C2CCc3cc(Br)ccc3O2)nc2ccccc21. The summed E-state index contributed by atoms with van der Waals surface area (Å²) in [7, 11) is 0. The highest BCUT2D eigenvalue weighted by Gasteiger charge is 2.26. The molecule has 1 atom stereocenters. The third kappa shape index (κ3) is 2.22. The van der Waals surface area contributed by atoms with E-state index >= 15 is 0 Å². The fourth-order valence-electron chi connectivity index (χ4n) is 3.21. The number of halogens is 1. The average molecular weight is 357 g/mol. The number of benzene rings is 2. The summed E-state index contributed by atoms with van der Waals surface area (Å²) in [5, 5.41) is 0. The first-order chi connectivity index (χ1) is 10.8. The van der Waals surface area contributed by atoms with E-state index in [-0.39, 0.29) is 6.10 Å². The number of hydrogen-bond acceptors (Lipinski definition) is 2. The van der Waals surface area contributed by atoms with Crippen molar-refractivity contribution in [1.29, 1.82) is 0 Å². The lowest BCUT2D eigenvalue weighted by Gasteiger charge is -2.26. The first-order valence-corrected chi connectivity index (χ1v) is 8.46. The zero-order chi connectivity index (χ0) is 15.1. The molecule has 1 aliphatic heterocycles. The lowest BCUT2D eigenvalue weighted by Crippen LogP contribution is -2.19. The molecule has 4 rings (SSSR count). The molecule has 4 heteroatoms. The van der Waals surface area contributed by atoms with Crippen molar-refractivity contribution < 1.29 is 4.74 Å². The van der Waals surface area contributed by atoms with E-state index in [1.54, 1.807) is 0 Å². The number of ether oxygens (including phenoxy) is 1. The summed E-state index contributed by atoms with van der Waals surface area (Å²) < 4.78 is 9.61. The van der Waals surface area contributed by atoms with E-state index in [0.29, 0.717) is 0 Å². The van der Waals surface area contributed by atoms with Gasteiger partial charge in [-0.15, -0.1) is 0 Å². The van der Waals surface area contributed by atoms with E-state index in [9.17, 15) is 0 Å². The molecule has 0 saturated carbocycles. The van der Waals surface area contributed by atoms with Gasteiger partial charge in [0, 0.05) is 11.0 Å². The number of aromatic nitrogens is 2. The number of imidazole rings is 1. The van der Waals surface area contributed by atoms with Gasteiger partial charge in [-0.1, -0.05) is 28.1 Å². The quantitative estimate of drug-likeness (QED) is 0.653. The summed E-state index contributed by atoms with van der Waals surface area (Å²) in [6.07, 6.45) is 2.01. The van der Waals surface area contributed by atoms with Gasteiger partial charge in [0.15, 0.2) is 11.9 Å². The number of fused-ring (bicyclic) bond motifs is 2. The van der Waals surface area contributed by atoms with Crippen LogP contribution >= 0.6 is 15.9 Å². The van der Waals surface area contributed by atoms with Crippen LogP contribution in [0.4, 0.5) is 0 Å². The van der Waals surface area contributed by atoms with Crippen LogP contribution < -0.4 is 4.74 Å². The zero-order valence-corrected chi connectivity index (χ0v) is 14.0. The Morgan fingerprint density at radius 3 is 3.00 bits per heavy atom. The minimum atomic E-state index is 0.0287. The summed E-state index contributed by atoms with van der Waals surface area (Å²) in [4.78, 5) is 4.83. The van der Waals surface area contributed by atoms with Crippen molar-refractivity contribution in [2.75, 3.05) is 0 Å². The van der Waals surface area contributed by atoms with Gasteiger partial charge in [0.2, 0.25) is 0 Å². The van der Waals surface area contributed by atoms with E-state index in [0.717, 1.165) is 40.9 Å². The normalized spacial score (nSPS) is 17.3. The smallest absolute Gasteiger partial charge is 0.157 e. The Morgan fingerprint density at radius 2 is 2.14 bits per heavy atom. The van der Waals surface area contributed by atoms with Crippen LogP contribution in [0.25, 0.3) is 11.0 Å². The first kappa shape index (κ1) is 13.8. The van der Waals surface area contributed by atoms with Crippen LogP contribution in [0.3, 0.4) is 0 Å². The molecule has 0 amide bonds. The predicted octanol–water partition coefficient (Wildman–Crippen LogP) is 4.89. The van der Waals surface area contributed by atoms with Gasteiger partial charge in [-0.3, -0.25) is 0 Å². The maximum atomic E-state index is 6.24. The molecular formula is C18H17BrN2O. The highest BCUT2D eigenvalue weighted by atomic mass is 79.9. The molecule has 3 aromatic rings. The summed E-state index contributed by atoms with van der Waals surface area (Å²) in [6.45, 7) is 3.06. The number of hydrogen-bond donors (Lipinski definition) is 0. The van der Waals surface area contributed by atoms with Crippen molar-refractivity contribution in [1.82, 2.24) is 9.55 Å². The van der Waals surface area contributed by atoms with E-state index in [2.05, 4.69) is 51.7 Å². The monoisotopic (exact) mass is 356 g/mol. The summed E-state index contributed by atoms with van der Waals surface area (Å²) in [5.41, 5.74) is 3.50. The Labute approximate surface area is 138 Å². The molecule has 1 unspecified atom stereocenters. The molecule has 0 spiro atoms. The summed E-state index contributed by atoms with van der Waals surface area (Å²) in [6, 6.07) is 14.5. The van der Waals surface area contributed by atoms with Gasteiger partial charge in [0.1, 0.15) is 5.75 Å². The Bertz CT molecular complexity index is 840. The van der Waals surface area contributed by atoms with E-state index in [1.165, 1.54) is 11.1 Å². The minimum Gasteiger partial charge on any atom is -0.482 e. The predicted molar refractivity (Wildman–Crippen MR) is 91.2 cm³/mol. The summed E-state index contributed by atoms with van der Waals surface area (Å²) >= 11 is 3.52. The number of nitrogens with zero attached hydrogens (tertiary/aromatic N) is 2. The second-order valence-electron chi connectivity index (χ2n) is 5.60. The summed E-state index contributed by atoms with van der Waals surface area (Å²) in [5.74, 6) is 2.02. The largest absolute Gasteiger partial charge is 0.482 e. The molecule has 3 nitrogen and oxygen atoms in total. The third-order valence-corrected chi connectivity index (χ3v) is 4.75. The number of rotatable bonds is 2. The van der Waals surface area contributed by atoms with Crippen LogP contribution in [-0.2, 0) is 13.0 Å². The Morgan fingerprint density at radius 1 is 1.27 bits per heavy atom. The van der Waals surface area contributed by atoms with Crippen molar-refractivity contribution in [3.8, 4) is 5.75 Å². The lowest BCUT2D eigenvalue weighted by atomic mass is 10.0. The highest BCUT2D eigenvalue weighted by Crippen LogP contribution is 2.36. The van der Waals surface area contributed by atoms with Crippen LogP contribution in [0.5, 0.6) is 5.75 Å². The number of aryl methyl sites for hydroxylation is 2. The Hall–Kier alpha value is -1.81. The van der Waals surface area contributed by atoms with Crippen LogP contribution in [0.2, 0.25) is 0 Å². The molecule has 22 heavy (non-hydrogen) atoms. The second-order valence-corrected chi connectivity index (χ2v) is 6.52. The molecule has 0 bridgehead atoms. The van der Waals surface area contributed by atoms with Gasteiger partial charge in [0.25, 0.3) is 0 Å². The molecule has 2 aromatic carbocycles. The van der Waals surface area contributed by atoms with Crippen molar-refractivity contribution in [2.24, 2.45) is 0 Å². The first-order valence-electron chi connectivity index (χ1n) is 7.66. The molecule has 1 aliphatic rings. The molecular weight excluding hydrogens is 340 g/mol. The fraction of sp³-hybridized carbons (Fsp3) is 0.278. The zero-order valence-electron chi connectivity index (χ0n) is 12.4. The van der Waals surface area contributed by atoms with Crippen LogP contribution in [0.15, 0.2) is 46.9 Å². The molecule has 0 N–H and O–H groups in total. The van der Waals surface area contributed by atoms with E-state index < -0.39 is 0 Å². The van der Waals surface area contributed by atoms with E-state index in [1.807, 2.05) is 18.2 Å². The topological polar surface area (TPSA) is 27.1 Å². The van der Waals surface area contributed by atoms with Crippen LogP contribution in [-0.4, -0.2) is 9.55 Å². The Kier molecular flexibility index (Phi) is 3.41. The van der Waals surface area contributed by atoms with Gasteiger partial charge in [-0.05, 0) is 55.7 Å². The standard InChI is InChI=1S/C18H17BrN2O/c1-2-21-15-6-4-3-5-14(15)20-18(21)17-9-7-12-11-13(19)8-10-16(12)22-17/h3-6,8,10-11,17H,2,7,9H2,1H3. The van der Waals surface area contributed by atoms with Gasteiger partial charge in [-0.25, -0.2) is 4.98 Å². The number of para-hydroxylation sites is 2. The molecule has 0 aliphatic carbocycles. The second kappa shape index (κ2) is 5.43. The third-order valence-electron chi connectivity index (χ3n) is 4.26. The van der Waals surface area contributed by atoms with Crippen molar-refractivity contribution in [3.05, 3.63) is 58.3 Å². The molecule has 1 aromatic heterocycles. The Balaban J connectivity index is 1.75. The highest BCUT2D eigenvalue weighted by molar-refractivity contribution is 9.10. The van der Waals surface area contributed by atoms with Crippen LogP contribution in [0.1, 0.15) is 30.8 Å². The average Bonchev–Trinajstić information content (AvgIpc) is 2.93. The molecule has 0 radical (unpaired) electrons. The van der Waals surface area contributed by atoms with Gasteiger partial charge >= 0.3 is 0 Å². The fourth-order valence-corrected chi connectivity index (χ4v) is 3.62. The minimum absolute atomic E-state index is 0.0287. The van der Waals surface area contributed by atoms with Gasteiger partial charge in [-0.2, -0.15) is 0 Å². The van der Waals surface area contributed by atoms with Crippen molar-refractivity contribution in [2.45, 2.75) is 32.4 Å². The van der Waals surface area contributed by atoms with Crippen molar-refractivity contribution >= 4 is 27.0 Å².